The number of carbonyl (C=O) groups is 2. The van der Waals surface area contributed by atoms with E-state index in [1.807, 2.05) is 30.3 Å². The summed E-state index contributed by atoms with van der Waals surface area (Å²) >= 11 is 12.0. The van der Waals surface area contributed by atoms with Crippen LogP contribution in [0.2, 0.25) is 10.0 Å². The van der Waals surface area contributed by atoms with E-state index in [-0.39, 0.29) is 11.8 Å². The first kappa shape index (κ1) is 20.0. The van der Waals surface area contributed by atoms with E-state index in [0.29, 0.717) is 32.7 Å². The van der Waals surface area contributed by atoms with Crippen LogP contribution >= 0.6 is 23.2 Å². The molecule has 1 atom stereocenters. The molecule has 0 aliphatic carbocycles. The third kappa shape index (κ3) is 4.48. The average molecular weight is 439 g/mol. The number of hydrogen-bond donors (Lipinski definition) is 2. The number of hydrogen-bond acceptors (Lipinski definition) is 3. The van der Waals surface area contributed by atoms with Gasteiger partial charge >= 0.3 is 0 Å². The highest BCUT2D eigenvalue weighted by Gasteiger charge is 2.29. The van der Waals surface area contributed by atoms with Gasteiger partial charge in [-0.05, 0) is 42.0 Å². The van der Waals surface area contributed by atoms with Gasteiger partial charge in [-0.1, -0.05) is 59.6 Å². The lowest BCUT2D eigenvalue weighted by Gasteiger charge is -2.26. The summed E-state index contributed by atoms with van der Waals surface area (Å²) in [5.41, 5.74) is 2.46. The summed E-state index contributed by atoms with van der Waals surface area (Å²) in [6.07, 6.45) is 2.25. The van der Waals surface area contributed by atoms with Crippen molar-refractivity contribution in [2.75, 3.05) is 10.6 Å². The molecule has 150 valence electrons. The standard InChI is InChI=1S/C23H16Cl2N2O3/c24-16-8-6-14(18(25)12-16)7-11-21(28)26-17-9-10-20-19(13-17)27-23(29)22(30-20)15-4-2-1-3-5-15/h1-13,22H,(H,26,28)(H,27,29)/b11-7+. The molecule has 1 heterocycles. The van der Waals surface area contributed by atoms with Gasteiger partial charge in [-0.25, -0.2) is 0 Å². The molecule has 5 nitrogen and oxygen atoms in total. The smallest absolute Gasteiger partial charge is 0.270 e. The summed E-state index contributed by atoms with van der Waals surface area (Å²) in [6.45, 7) is 0. The van der Waals surface area contributed by atoms with Crippen molar-refractivity contribution in [1.82, 2.24) is 0 Å². The Balaban J connectivity index is 1.46. The van der Waals surface area contributed by atoms with Crippen LogP contribution in [0.15, 0.2) is 72.8 Å². The molecule has 0 fully saturated rings. The molecule has 0 saturated carbocycles. The maximum absolute atomic E-state index is 12.4. The molecule has 1 unspecified atom stereocenters. The Labute approximate surface area is 183 Å². The highest BCUT2D eigenvalue weighted by molar-refractivity contribution is 6.35. The fraction of sp³-hybridized carbons (Fsp3) is 0.0435. The Morgan fingerprint density at radius 3 is 2.60 bits per heavy atom. The predicted molar refractivity (Wildman–Crippen MR) is 119 cm³/mol. The maximum Gasteiger partial charge on any atom is 0.270 e. The first-order valence-electron chi connectivity index (χ1n) is 9.10. The third-order valence-electron chi connectivity index (χ3n) is 4.47. The van der Waals surface area contributed by atoms with E-state index in [1.165, 1.54) is 6.08 Å². The van der Waals surface area contributed by atoms with E-state index >= 15 is 0 Å². The number of ether oxygens (including phenoxy) is 1. The van der Waals surface area contributed by atoms with Crippen LogP contribution in [0.4, 0.5) is 11.4 Å². The van der Waals surface area contributed by atoms with Crippen molar-refractivity contribution in [3.05, 3.63) is 94.0 Å². The zero-order valence-electron chi connectivity index (χ0n) is 15.6. The monoisotopic (exact) mass is 438 g/mol. The largest absolute Gasteiger partial charge is 0.474 e. The molecule has 3 aromatic carbocycles. The summed E-state index contributed by atoms with van der Waals surface area (Å²) in [5, 5.41) is 6.55. The molecular formula is C23H16Cl2N2O3. The number of nitrogens with one attached hydrogen (secondary N) is 2. The second-order valence-corrected chi connectivity index (χ2v) is 7.44. The van der Waals surface area contributed by atoms with Crippen LogP contribution in [0, 0.1) is 0 Å². The number of carbonyl (C=O) groups excluding carboxylic acids is 2. The molecule has 2 N–H and O–H groups in total. The Bertz CT molecular complexity index is 1150. The predicted octanol–water partition coefficient (Wildman–Crippen LogP) is 5.72. The highest BCUT2D eigenvalue weighted by Crippen LogP contribution is 2.36. The Morgan fingerprint density at radius 2 is 1.83 bits per heavy atom. The van der Waals surface area contributed by atoms with Crippen LogP contribution in [0.5, 0.6) is 5.75 Å². The highest BCUT2D eigenvalue weighted by atomic mass is 35.5. The number of anilines is 2. The van der Waals surface area contributed by atoms with Gasteiger partial charge in [0.1, 0.15) is 5.75 Å². The van der Waals surface area contributed by atoms with Crippen molar-refractivity contribution in [3.8, 4) is 5.75 Å². The summed E-state index contributed by atoms with van der Waals surface area (Å²) in [7, 11) is 0. The average Bonchev–Trinajstić information content (AvgIpc) is 2.73. The minimum absolute atomic E-state index is 0.269. The van der Waals surface area contributed by atoms with E-state index < -0.39 is 6.10 Å². The van der Waals surface area contributed by atoms with Crippen LogP contribution in [-0.4, -0.2) is 11.8 Å². The number of rotatable bonds is 4. The molecular weight excluding hydrogens is 423 g/mol. The molecule has 1 aliphatic rings. The molecule has 2 amide bonds. The van der Waals surface area contributed by atoms with Gasteiger partial charge in [-0.2, -0.15) is 0 Å². The minimum Gasteiger partial charge on any atom is -0.474 e. The van der Waals surface area contributed by atoms with Crippen LogP contribution in [0.1, 0.15) is 17.2 Å². The molecule has 0 spiro atoms. The Kier molecular flexibility index (Phi) is 5.74. The lowest BCUT2D eigenvalue weighted by atomic mass is 10.1. The van der Waals surface area contributed by atoms with Gasteiger partial charge in [0.05, 0.1) is 5.69 Å². The topological polar surface area (TPSA) is 67.4 Å². The summed E-state index contributed by atoms with van der Waals surface area (Å²) in [4.78, 5) is 24.7. The van der Waals surface area contributed by atoms with Gasteiger partial charge in [0.2, 0.25) is 12.0 Å². The summed E-state index contributed by atoms with van der Waals surface area (Å²) in [5.74, 6) is -0.0782. The molecule has 1 aliphatic heterocycles. The Morgan fingerprint density at radius 1 is 1.03 bits per heavy atom. The van der Waals surface area contributed by atoms with Gasteiger partial charge in [0.15, 0.2) is 0 Å². The first-order chi connectivity index (χ1) is 14.5. The van der Waals surface area contributed by atoms with Crippen LogP contribution < -0.4 is 15.4 Å². The molecule has 7 heteroatoms. The fourth-order valence-electron chi connectivity index (χ4n) is 3.02. The number of fused-ring (bicyclic) bond motifs is 1. The molecule has 0 saturated heterocycles. The van der Waals surface area contributed by atoms with Gasteiger partial charge in [0, 0.05) is 27.4 Å². The van der Waals surface area contributed by atoms with Gasteiger partial charge in [0.25, 0.3) is 5.91 Å². The number of halogens is 2. The third-order valence-corrected chi connectivity index (χ3v) is 5.03. The molecule has 0 aromatic heterocycles. The van der Waals surface area contributed by atoms with Crippen LogP contribution in [-0.2, 0) is 9.59 Å². The number of amides is 2. The lowest BCUT2D eigenvalue weighted by Crippen LogP contribution is -2.30. The fourth-order valence-corrected chi connectivity index (χ4v) is 3.49. The minimum atomic E-state index is -0.716. The lowest BCUT2D eigenvalue weighted by molar-refractivity contribution is -0.123. The van der Waals surface area contributed by atoms with Crippen molar-refractivity contribution in [2.24, 2.45) is 0 Å². The van der Waals surface area contributed by atoms with E-state index in [4.69, 9.17) is 27.9 Å². The zero-order chi connectivity index (χ0) is 21.1. The van der Waals surface area contributed by atoms with E-state index in [1.54, 1.807) is 42.5 Å². The van der Waals surface area contributed by atoms with Crippen LogP contribution in [0.3, 0.4) is 0 Å². The van der Waals surface area contributed by atoms with Crippen molar-refractivity contribution >= 4 is 52.5 Å². The zero-order valence-corrected chi connectivity index (χ0v) is 17.1. The molecule has 30 heavy (non-hydrogen) atoms. The van der Waals surface area contributed by atoms with Gasteiger partial charge < -0.3 is 15.4 Å². The second kappa shape index (κ2) is 8.61. The molecule has 4 rings (SSSR count). The van der Waals surface area contributed by atoms with Gasteiger partial charge in [-0.15, -0.1) is 0 Å². The van der Waals surface area contributed by atoms with Crippen molar-refractivity contribution in [1.29, 1.82) is 0 Å². The normalized spacial score (nSPS) is 15.3. The van der Waals surface area contributed by atoms with Crippen molar-refractivity contribution in [3.63, 3.8) is 0 Å². The quantitative estimate of drug-likeness (QED) is 0.512. The summed E-state index contributed by atoms with van der Waals surface area (Å²) in [6, 6.07) is 19.3. The van der Waals surface area contributed by atoms with E-state index in [0.717, 1.165) is 5.56 Å². The van der Waals surface area contributed by atoms with E-state index in [2.05, 4.69) is 10.6 Å². The number of benzene rings is 3. The maximum atomic E-state index is 12.4. The second-order valence-electron chi connectivity index (χ2n) is 6.60. The summed E-state index contributed by atoms with van der Waals surface area (Å²) < 4.78 is 5.85. The molecule has 3 aromatic rings. The van der Waals surface area contributed by atoms with Crippen molar-refractivity contribution in [2.45, 2.75) is 6.10 Å². The molecule has 0 bridgehead atoms. The van der Waals surface area contributed by atoms with Crippen molar-refractivity contribution < 1.29 is 14.3 Å². The van der Waals surface area contributed by atoms with Gasteiger partial charge in [-0.3, -0.25) is 9.59 Å². The van der Waals surface area contributed by atoms with Crippen LogP contribution in [0.25, 0.3) is 6.08 Å². The first-order valence-corrected chi connectivity index (χ1v) is 9.86. The molecule has 0 radical (unpaired) electrons. The SMILES string of the molecule is O=C(/C=C/c1ccc(Cl)cc1Cl)Nc1ccc2c(c1)NC(=O)C(c1ccccc1)O2. The Hall–Kier alpha value is -3.28. The van der Waals surface area contributed by atoms with E-state index in [9.17, 15) is 9.59 Å².